The van der Waals surface area contributed by atoms with Crippen molar-refractivity contribution in [2.45, 2.75) is 17.6 Å². The molecule has 3 aromatic rings. The van der Waals surface area contributed by atoms with Gasteiger partial charge in [-0.2, -0.15) is 0 Å². The second-order valence-electron chi connectivity index (χ2n) is 7.88. The van der Waals surface area contributed by atoms with Gasteiger partial charge in [-0.25, -0.2) is 13.4 Å². The second-order valence-corrected chi connectivity index (χ2v) is 9.87. The van der Waals surface area contributed by atoms with Crippen molar-refractivity contribution in [1.29, 1.82) is 0 Å². The number of benzene rings is 2. The van der Waals surface area contributed by atoms with Gasteiger partial charge in [0.05, 0.1) is 23.8 Å². The van der Waals surface area contributed by atoms with E-state index in [4.69, 9.17) is 9.15 Å². The van der Waals surface area contributed by atoms with Gasteiger partial charge in [0.1, 0.15) is 11.5 Å². The van der Waals surface area contributed by atoms with Gasteiger partial charge in [0.15, 0.2) is 9.84 Å². The van der Waals surface area contributed by atoms with Crippen LogP contribution >= 0.6 is 0 Å². The van der Waals surface area contributed by atoms with Gasteiger partial charge in [0.2, 0.25) is 5.89 Å². The fourth-order valence-corrected chi connectivity index (χ4v) is 4.96. The molecule has 33 heavy (non-hydrogen) atoms. The predicted molar refractivity (Wildman–Crippen MR) is 124 cm³/mol. The summed E-state index contributed by atoms with van der Waals surface area (Å²) in [7, 11) is -3.53. The lowest BCUT2D eigenvalue weighted by Crippen LogP contribution is -2.41. The summed E-state index contributed by atoms with van der Waals surface area (Å²) in [5.74, 6) is 0.392. The number of morpholine rings is 1. The highest BCUT2D eigenvalue weighted by atomic mass is 32.2. The number of oxazole rings is 1. The molecule has 0 radical (unpaired) electrons. The maximum Gasteiger partial charge on any atom is 0.251 e. The molecule has 174 valence electrons. The predicted octanol–water partition coefficient (Wildman–Crippen LogP) is 2.69. The molecule has 2 heterocycles. The van der Waals surface area contributed by atoms with Crippen LogP contribution in [0.1, 0.15) is 21.8 Å². The van der Waals surface area contributed by atoms with E-state index in [-0.39, 0.29) is 16.6 Å². The fourth-order valence-electron chi connectivity index (χ4n) is 3.60. The molecule has 0 aliphatic carbocycles. The Labute approximate surface area is 193 Å². The summed E-state index contributed by atoms with van der Waals surface area (Å²) < 4.78 is 36.4. The van der Waals surface area contributed by atoms with Gasteiger partial charge in [-0.05, 0) is 43.3 Å². The molecule has 0 spiro atoms. The van der Waals surface area contributed by atoms with Crippen LogP contribution in [0.2, 0.25) is 0 Å². The molecule has 0 unspecified atom stereocenters. The molecule has 2 aromatic carbocycles. The Bertz CT molecular complexity index is 1180. The number of nitrogens with zero attached hydrogens (tertiary/aromatic N) is 2. The Kier molecular flexibility index (Phi) is 7.22. The van der Waals surface area contributed by atoms with Gasteiger partial charge in [-0.1, -0.05) is 18.2 Å². The van der Waals surface area contributed by atoms with E-state index in [1.165, 1.54) is 0 Å². The van der Waals surface area contributed by atoms with Crippen LogP contribution in [-0.4, -0.2) is 63.6 Å². The van der Waals surface area contributed by atoms with Crippen molar-refractivity contribution < 1.29 is 22.4 Å². The number of aryl methyl sites for hydroxylation is 1. The first-order valence-corrected chi connectivity index (χ1v) is 12.5. The zero-order valence-corrected chi connectivity index (χ0v) is 19.3. The first-order chi connectivity index (χ1) is 15.9. The lowest BCUT2D eigenvalue weighted by molar-refractivity contribution is 0.0383. The molecule has 1 fully saturated rings. The molecule has 1 amide bonds. The highest BCUT2D eigenvalue weighted by molar-refractivity contribution is 7.90. The number of ether oxygens (including phenoxy) is 1. The standard InChI is InChI=1S/C24H27N3O5S/c1-18-22(17-33(29,30)21-5-3-2-4-6-21)26-24(32-18)20-9-7-19(8-10-20)23(28)25-11-12-27-13-15-31-16-14-27/h2-10H,11-17H2,1H3,(H,25,28). The number of nitrogens with one attached hydrogen (secondary N) is 1. The molecular weight excluding hydrogens is 442 g/mol. The number of rotatable bonds is 8. The molecular formula is C24H27N3O5S. The first kappa shape index (κ1) is 23.2. The molecule has 1 aliphatic rings. The number of carbonyl (C=O) groups is 1. The average molecular weight is 470 g/mol. The Morgan fingerprint density at radius 2 is 1.76 bits per heavy atom. The normalized spacial score (nSPS) is 14.8. The molecule has 1 aliphatic heterocycles. The van der Waals surface area contributed by atoms with E-state index in [2.05, 4.69) is 15.2 Å². The molecule has 8 nitrogen and oxygen atoms in total. The lowest BCUT2D eigenvalue weighted by Gasteiger charge is -2.26. The quantitative estimate of drug-likeness (QED) is 0.541. The van der Waals surface area contributed by atoms with Crippen molar-refractivity contribution in [3.8, 4) is 11.5 Å². The van der Waals surface area contributed by atoms with E-state index in [9.17, 15) is 13.2 Å². The number of hydrogen-bond acceptors (Lipinski definition) is 7. The van der Waals surface area contributed by atoms with Crippen LogP contribution in [0.15, 0.2) is 63.9 Å². The molecule has 9 heteroatoms. The van der Waals surface area contributed by atoms with Crippen LogP contribution in [-0.2, 0) is 20.3 Å². The molecule has 0 bridgehead atoms. The lowest BCUT2D eigenvalue weighted by atomic mass is 10.1. The topological polar surface area (TPSA) is 102 Å². The Morgan fingerprint density at radius 3 is 2.45 bits per heavy atom. The largest absolute Gasteiger partial charge is 0.441 e. The van der Waals surface area contributed by atoms with Crippen molar-refractivity contribution in [2.24, 2.45) is 0 Å². The Balaban J connectivity index is 1.38. The van der Waals surface area contributed by atoms with E-state index in [1.807, 2.05) is 0 Å². The summed E-state index contributed by atoms with van der Waals surface area (Å²) in [5, 5.41) is 2.93. The third-order valence-corrected chi connectivity index (χ3v) is 7.18. The third kappa shape index (κ3) is 5.87. The molecule has 4 rings (SSSR count). The van der Waals surface area contributed by atoms with E-state index in [0.29, 0.717) is 35.0 Å². The highest BCUT2D eigenvalue weighted by Crippen LogP contribution is 2.25. The van der Waals surface area contributed by atoms with Crippen molar-refractivity contribution >= 4 is 15.7 Å². The zero-order chi connectivity index (χ0) is 23.3. The minimum atomic E-state index is -3.53. The zero-order valence-electron chi connectivity index (χ0n) is 18.5. The summed E-state index contributed by atoms with van der Waals surface area (Å²) in [6.45, 7) is 6.29. The minimum absolute atomic E-state index is 0.145. The molecule has 1 saturated heterocycles. The minimum Gasteiger partial charge on any atom is -0.441 e. The average Bonchev–Trinajstić information content (AvgIpc) is 3.20. The van der Waals surface area contributed by atoms with Crippen molar-refractivity contribution in [3.05, 3.63) is 71.6 Å². The van der Waals surface area contributed by atoms with Gasteiger partial charge in [-0.15, -0.1) is 0 Å². The molecule has 0 atom stereocenters. The molecule has 1 N–H and O–H groups in total. The second kappa shape index (κ2) is 10.3. The van der Waals surface area contributed by atoms with Gasteiger partial charge < -0.3 is 14.5 Å². The van der Waals surface area contributed by atoms with Crippen LogP contribution in [0, 0.1) is 6.92 Å². The van der Waals surface area contributed by atoms with E-state index in [1.54, 1.807) is 61.5 Å². The van der Waals surface area contributed by atoms with Crippen LogP contribution in [0.4, 0.5) is 0 Å². The van der Waals surface area contributed by atoms with Gasteiger partial charge >= 0.3 is 0 Å². The van der Waals surface area contributed by atoms with E-state index < -0.39 is 9.84 Å². The smallest absolute Gasteiger partial charge is 0.251 e. The number of sulfone groups is 1. The van der Waals surface area contributed by atoms with Crippen molar-refractivity contribution in [1.82, 2.24) is 15.2 Å². The Hall–Kier alpha value is -3.01. The fraction of sp³-hybridized carbons (Fsp3) is 0.333. The SMILES string of the molecule is Cc1oc(-c2ccc(C(=O)NCCN3CCOCC3)cc2)nc1CS(=O)(=O)c1ccccc1. The van der Waals surface area contributed by atoms with Gasteiger partial charge in [0.25, 0.3) is 5.91 Å². The summed E-state index contributed by atoms with van der Waals surface area (Å²) in [5.41, 5.74) is 1.58. The third-order valence-electron chi connectivity index (χ3n) is 5.53. The maximum atomic E-state index is 12.7. The summed E-state index contributed by atoms with van der Waals surface area (Å²) in [6, 6.07) is 15.2. The maximum absolute atomic E-state index is 12.7. The summed E-state index contributed by atoms with van der Waals surface area (Å²) >= 11 is 0. The number of hydrogen-bond donors (Lipinski definition) is 1. The van der Waals surface area contributed by atoms with Crippen LogP contribution in [0.5, 0.6) is 0 Å². The van der Waals surface area contributed by atoms with Gasteiger partial charge in [-0.3, -0.25) is 9.69 Å². The number of aromatic nitrogens is 1. The van der Waals surface area contributed by atoms with Crippen LogP contribution in [0.25, 0.3) is 11.5 Å². The summed E-state index contributed by atoms with van der Waals surface area (Å²) in [6.07, 6.45) is 0. The number of carbonyl (C=O) groups excluding carboxylic acids is 1. The van der Waals surface area contributed by atoms with Gasteiger partial charge in [0, 0.05) is 37.3 Å². The first-order valence-electron chi connectivity index (χ1n) is 10.9. The van der Waals surface area contributed by atoms with Crippen LogP contribution in [0.3, 0.4) is 0 Å². The number of amides is 1. The highest BCUT2D eigenvalue weighted by Gasteiger charge is 2.21. The molecule has 1 aromatic heterocycles. The van der Waals surface area contributed by atoms with Crippen molar-refractivity contribution in [2.75, 3.05) is 39.4 Å². The van der Waals surface area contributed by atoms with E-state index in [0.717, 1.165) is 32.8 Å². The van der Waals surface area contributed by atoms with E-state index >= 15 is 0 Å². The monoisotopic (exact) mass is 469 g/mol. The molecule has 0 saturated carbocycles. The Morgan fingerprint density at radius 1 is 1.06 bits per heavy atom. The summed E-state index contributed by atoms with van der Waals surface area (Å²) in [4.78, 5) is 19.3. The van der Waals surface area contributed by atoms with Crippen molar-refractivity contribution in [3.63, 3.8) is 0 Å². The van der Waals surface area contributed by atoms with Crippen LogP contribution < -0.4 is 5.32 Å².